The third kappa shape index (κ3) is 3.97. The lowest BCUT2D eigenvalue weighted by Crippen LogP contribution is -2.04. The Morgan fingerprint density at radius 2 is 2.18 bits per heavy atom. The van der Waals surface area contributed by atoms with E-state index in [0.717, 1.165) is 17.4 Å². The van der Waals surface area contributed by atoms with Gasteiger partial charge < -0.3 is 9.47 Å². The summed E-state index contributed by atoms with van der Waals surface area (Å²) in [7, 11) is 1.28. The summed E-state index contributed by atoms with van der Waals surface area (Å²) in [6, 6.07) is 3.67. The van der Waals surface area contributed by atoms with Crippen LogP contribution in [0.5, 0.6) is 5.75 Å². The minimum absolute atomic E-state index is 0.114. The van der Waals surface area contributed by atoms with Crippen LogP contribution in [0.4, 0.5) is 13.2 Å². The molecule has 0 amide bonds. The lowest BCUT2D eigenvalue weighted by atomic mass is 10.2. The van der Waals surface area contributed by atoms with Crippen molar-refractivity contribution in [2.45, 2.75) is 19.5 Å². The standard InChI is InChI=1S/C14H12F3NO3S/c1-20-11(19)6-5-8-7-22-13(18-8)12-9(15)3-2-4-10(12)21-14(16)17/h2-4,7,14H,5-6H2,1H3. The highest BCUT2D eigenvalue weighted by Crippen LogP contribution is 2.35. The number of hydrogen-bond donors (Lipinski definition) is 0. The maximum absolute atomic E-state index is 13.9. The second-order valence-corrected chi connectivity index (χ2v) is 5.07. The summed E-state index contributed by atoms with van der Waals surface area (Å²) in [6.07, 6.45) is 0.458. The average molecular weight is 331 g/mol. The third-order valence-corrected chi connectivity index (χ3v) is 3.68. The molecule has 1 heterocycles. The number of aromatic nitrogens is 1. The quantitative estimate of drug-likeness (QED) is 0.758. The van der Waals surface area contributed by atoms with Crippen LogP contribution in [-0.4, -0.2) is 24.7 Å². The van der Waals surface area contributed by atoms with Crippen molar-refractivity contribution in [3.8, 4) is 16.3 Å². The van der Waals surface area contributed by atoms with Crippen LogP contribution in [0, 0.1) is 5.82 Å². The van der Waals surface area contributed by atoms with E-state index >= 15 is 0 Å². The largest absolute Gasteiger partial charge is 0.469 e. The van der Waals surface area contributed by atoms with Gasteiger partial charge in [-0.25, -0.2) is 9.37 Å². The lowest BCUT2D eigenvalue weighted by molar-refractivity contribution is -0.140. The molecule has 22 heavy (non-hydrogen) atoms. The summed E-state index contributed by atoms with van der Waals surface area (Å²) < 4.78 is 47.6. The van der Waals surface area contributed by atoms with Crippen LogP contribution < -0.4 is 4.74 Å². The fourth-order valence-electron chi connectivity index (χ4n) is 1.77. The van der Waals surface area contributed by atoms with E-state index in [-0.39, 0.29) is 28.7 Å². The Bertz CT molecular complexity index is 661. The number of ether oxygens (including phenoxy) is 2. The van der Waals surface area contributed by atoms with Crippen LogP contribution in [0.2, 0.25) is 0 Å². The molecule has 0 fully saturated rings. The molecule has 2 rings (SSSR count). The van der Waals surface area contributed by atoms with E-state index < -0.39 is 12.4 Å². The number of hydrogen-bond acceptors (Lipinski definition) is 5. The molecule has 0 spiro atoms. The zero-order valence-electron chi connectivity index (χ0n) is 11.5. The van der Waals surface area contributed by atoms with Gasteiger partial charge in [0.25, 0.3) is 0 Å². The Morgan fingerprint density at radius 1 is 1.41 bits per heavy atom. The highest BCUT2D eigenvalue weighted by atomic mass is 32.1. The number of alkyl halides is 2. The molecule has 0 saturated carbocycles. The number of carbonyl (C=O) groups is 1. The summed E-state index contributed by atoms with van der Waals surface area (Å²) in [5.74, 6) is -1.36. The van der Waals surface area contributed by atoms with Crippen LogP contribution in [0.25, 0.3) is 10.6 Å². The fraction of sp³-hybridized carbons (Fsp3) is 0.286. The van der Waals surface area contributed by atoms with E-state index in [1.807, 2.05) is 0 Å². The molecule has 0 radical (unpaired) electrons. The first-order chi connectivity index (χ1) is 10.5. The van der Waals surface area contributed by atoms with E-state index in [9.17, 15) is 18.0 Å². The van der Waals surface area contributed by atoms with E-state index in [2.05, 4.69) is 14.5 Å². The van der Waals surface area contributed by atoms with E-state index in [4.69, 9.17) is 0 Å². The van der Waals surface area contributed by atoms with E-state index in [1.54, 1.807) is 5.38 Å². The second kappa shape index (κ2) is 7.26. The molecule has 118 valence electrons. The van der Waals surface area contributed by atoms with E-state index in [1.165, 1.54) is 19.2 Å². The van der Waals surface area contributed by atoms with Crippen LogP contribution in [-0.2, 0) is 16.0 Å². The number of benzene rings is 1. The van der Waals surface area contributed by atoms with Crippen molar-refractivity contribution in [2.75, 3.05) is 7.11 Å². The van der Waals surface area contributed by atoms with Crippen molar-refractivity contribution >= 4 is 17.3 Å². The highest BCUT2D eigenvalue weighted by molar-refractivity contribution is 7.13. The Labute approximate surface area is 128 Å². The van der Waals surface area contributed by atoms with Gasteiger partial charge in [-0.15, -0.1) is 11.3 Å². The minimum atomic E-state index is -3.06. The number of nitrogens with zero attached hydrogens (tertiary/aromatic N) is 1. The predicted octanol–water partition coefficient (Wildman–Crippen LogP) is 3.66. The molecule has 8 heteroatoms. The van der Waals surface area contributed by atoms with Crippen molar-refractivity contribution in [3.63, 3.8) is 0 Å². The van der Waals surface area contributed by atoms with Gasteiger partial charge in [0.1, 0.15) is 16.6 Å². The molecule has 0 aliphatic rings. The number of halogens is 3. The molecule has 2 aromatic rings. The van der Waals surface area contributed by atoms with Gasteiger partial charge in [0.15, 0.2) is 0 Å². The van der Waals surface area contributed by atoms with Crippen molar-refractivity contribution in [3.05, 3.63) is 35.1 Å². The summed E-state index contributed by atoms with van der Waals surface area (Å²) in [6.45, 7) is -3.06. The normalized spacial score (nSPS) is 10.8. The van der Waals surface area contributed by atoms with Crippen LogP contribution in [0.1, 0.15) is 12.1 Å². The first-order valence-electron chi connectivity index (χ1n) is 6.26. The maximum Gasteiger partial charge on any atom is 0.387 e. The maximum atomic E-state index is 13.9. The summed E-state index contributed by atoms with van der Waals surface area (Å²) >= 11 is 1.09. The van der Waals surface area contributed by atoms with Crippen LogP contribution in [0.15, 0.2) is 23.6 Å². The van der Waals surface area contributed by atoms with Crippen molar-refractivity contribution in [2.24, 2.45) is 0 Å². The molecule has 0 aliphatic carbocycles. The summed E-state index contributed by atoms with van der Waals surface area (Å²) in [4.78, 5) is 15.2. The van der Waals surface area contributed by atoms with Gasteiger partial charge in [-0.2, -0.15) is 8.78 Å². The summed E-state index contributed by atoms with van der Waals surface area (Å²) in [5.41, 5.74) is 0.439. The molecule has 0 N–H and O–H groups in total. The third-order valence-electron chi connectivity index (χ3n) is 2.77. The van der Waals surface area contributed by atoms with Gasteiger partial charge in [-0.3, -0.25) is 4.79 Å². The molecule has 4 nitrogen and oxygen atoms in total. The topological polar surface area (TPSA) is 48.4 Å². The van der Waals surface area contributed by atoms with Crippen molar-refractivity contribution in [1.29, 1.82) is 0 Å². The molecule has 0 atom stereocenters. The molecular weight excluding hydrogens is 319 g/mol. The summed E-state index contributed by atoms with van der Waals surface area (Å²) in [5, 5.41) is 1.85. The number of aryl methyl sites for hydroxylation is 1. The zero-order chi connectivity index (χ0) is 16.1. The minimum Gasteiger partial charge on any atom is -0.469 e. The average Bonchev–Trinajstić information content (AvgIpc) is 2.92. The fourth-order valence-corrected chi connectivity index (χ4v) is 2.68. The second-order valence-electron chi connectivity index (χ2n) is 4.21. The number of carbonyl (C=O) groups excluding carboxylic acids is 1. The first kappa shape index (κ1) is 16.3. The molecule has 1 aromatic carbocycles. The Kier molecular flexibility index (Phi) is 5.37. The van der Waals surface area contributed by atoms with Gasteiger partial charge in [-0.05, 0) is 12.1 Å². The SMILES string of the molecule is COC(=O)CCc1csc(-c2c(F)cccc2OC(F)F)n1. The van der Waals surface area contributed by atoms with Gasteiger partial charge in [-0.1, -0.05) is 6.07 Å². The molecular formula is C14H12F3NO3S. The lowest BCUT2D eigenvalue weighted by Gasteiger charge is -2.09. The monoisotopic (exact) mass is 331 g/mol. The highest BCUT2D eigenvalue weighted by Gasteiger charge is 2.18. The number of rotatable bonds is 6. The molecule has 0 aliphatic heterocycles. The molecule has 0 saturated heterocycles. The number of thiazole rings is 1. The van der Waals surface area contributed by atoms with Crippen molar-refractivity contribution < 1.29 is 27.4 Å². The van der Waals surface area contributed by atoms with Gasteiger partial charge in [0.2, 0.25) is 0 Å². The smallest absolute Gasteiger partial charge is 0.387 e. The van der Waals surface area contributed by atoms with Crippen LogP contribution in [0.3, 0.4) is 0 Å². The Hall–Kier alpha value is -2.09. The van der Waals surface area contributed by atoms with Gasteiger partial charge in [0.05, 0.1) is 24.8 Å². The number of methoxy groups -OCH3 is 1. The number of esters is 1. The van der Waals surface area contributed by atoms with Gasteiger partial charge in [0, 0.05) is 11.8 Å². The van der Waals surface area contributed by atoms with Crippen LogP contribution >= 0.6 is 11.3 Å². The Morgan fingerprint density at radius 3 is 2.86 bits per heavy atom. The molecule has 0 unspecified atom stereocenters. The van der Waals surface area contributed by atoms with E-state index in [0.29, 0.717) is 12.1 Å². The predicted molar refractivity (Wildman–Crippen MR) is 74.5 cm³/mol. The Balaban J connectivity index is 2.25. The van der Waals surface area contributed by atoms with Crippen molar-refractivity contribution in [1.82, 2.24) is 4.98 Å². The zero-order valence-corrected chi connectivity index (χ0v) is 12.3. The first-order valence-corrected chi connectivity index (χ1v) is 7.14. The van der Waals surface area contributed by atoms with Gasteiger partial charge >= 0.3 is 12.6 Å². The molecule has 0 bridgehead atoms. The molecule has 1 aromatic heterocycles.